The van der Waals surface area contributed by atoms with Crippen molar-refractivity contribution in [1.82, 2.24) is 4.98 Å². The molecular formula is C14H11F2NO3S. The summed E-state index contributed by atoms with van der Waals surface area (Å²) in [6.45, 7) is 3.08. The minimum atomic E-state index is -1.02. The lowest BCUT2D eigenvalue weighted by molar-refractivity contribution is 0.0517. The van der Waals surface area contributed by atoms with Gasteiger partial charge in [-0.05, 0) is 25.1 Å². The van der Waals surface area contributed by atoms with Gasteiger partial charge in [-0.15, -0.1) is 11.3 Å². The Morgan fingerprint density at radius 1 is 1.29 bits per heavy atom. The van der Waals surface area contributed by atoms with Gasteiger partial charge in [-0.3, -0.25) is 4.79 Å². The molecule has 0 unspecified atom stereocenters. The molecule has 21 heavy (non-hydrogen) atoms. The summed E-state index contributed by atoms with van der Waals surface area (Å²) in [4.78, 5) is 27.5. The van der Waals surface area contributed by atoms with Gasteiger partial charge in [0.05, 0.1) is 6.61 Å². The van der Waals surface area contributed by atoms with E-state index in [1.807, 2.05) is 0 Å². The van der Waals surface area contributed by atoms with Crippen LogP contribution in [0.1, 0.15) is 34.0 Å². The quantitative estimate of drug-likeness (QED) is 0.641. The van der Waals surface area contributed by atoms with Gasteiger partial charge in [0.2, 0.25) is 0 Å². The second-order valence-corrected chi connectivity index (χ2v) is 5.10. The Hall–Kier alpha value is -2.15. The molecule has 1 heterocycles. The monoisotopic (exact) mass is 311 g/mol. The minimum absolute atomic E-state index is 0.103. The van der Waals surface area contributed by atoms with Crippen LogP contribution in [0.5, 0.6) is 0 Å². The van der Waals surface area contributed by atoms with E-state index in [-0.39, 0.29) is 33.5 Å². The van der Waals surface area contributed by atoms with E-state index in [0.717, 1.165) is 23.5 Å². The summed E-state index contributed by atoms with van der Waals surface area (Å²) in [6.07, 6.45) is 0. The number of hydrogen-bond donors (Lipinski definition) is 0. The van der Waals surface area contributed by atoms with Crippen molar-refractivity contribution < 1.29 is 23.1 Å². The summed E-state index contributed by atoms with van der Waals surface area (Å²) in [5.74, 6) is -3.06. The largest absolute Gasteiger partial charge is 0.461 e. The smallest absolute Gasteiger partial charge is 0.358 e. The third kappa shape index (κ3) is 3.13. The van der Waals surface area contributed by atoms with Gasteiger partial charge in [-0.1, -0.05) is 0 Å². The number of thiazole rings is 1. The van der Waals surface area contributed by atoms with Gasteiger partial charge in [-0.25, -0.2) is 18.6 Å². The van der Waals surface area contributed by atoms with Gasteiger partial charge in [0, 0.05) is 12.5 Å². The molecule has 0 saturated heterocycles. The predicted octanol–water partition coefficient (Wildman–Crippen LogP) is 3.47. The number of Topliss-reactive ketones (excluding diaryl/α,β-unsaturated/α-hetero) is 1. The third-order valence-corrected chi connectivity index (χ3v) is 3.79. The standard InChI is InChI=1S/C14H11F2NO3S/c1-3-20-14(19)11-12(7(2)18)21-13(17-11)8-4-5-9(15)10(16)6-8/h4-6H,3H2,1-2H3. The maximum Gasteiger partial charge on any atom is 0.358 e. The molecule has 0 amide bonds. The Morgan fingerprint density at radius 2 is 2.00 bits per heavy atom. The number of carbonyl (C=O) groups excluding carboxylic acids is 2. The zero-order valence-corrected chi connectivity index (χ0v) is 12.1. The van der Waals surface area contributed by atoms with E-state index < -0.39 is 17.6 Å². The number of esters is 1. The second-order valence-electron chi connectivity index (χ2n) is 4.10. The topological polar surface area (TPSA) is 56.3 Å². The second kappa shape index (κ2) is 6.09. The van der Waals surface area contributed by atoms with E-state index in [2.05, 4.69) is 4.98 Å². The van der Waals surface area contributed by atoms with Crippen molar-refractivity contribution in [3.63, 3.8) is 0 Å². The SMILES string of the molecule is CCOC(=O)c1nc(-c2ccc(F)c(F)c2)sc1C(C)=O. The molecule has 1 aromatic heterocycles. The van der Waals surface area contributed by atoms with Crippen LogP contribution in [0.3, 0.4) is 0 Å². The number of rotatable bonds is 4. The van der Waals surface area contributed by atoms with Crippen LogP contribution < -0.4 is 0 Å². The Balaban J connectivity index is 2.50. The first-order valence-electron chi connectivity index (χ1n) is 6.08. The number of benzene rings is 1. The zero-order chi connectivity index (χ0) is 15.6. The molecule has 7 heteroatoms. The van der Waals surface area contributed by atoms with Crippen molar-refractivity contribution in [2.45, 2.75) is 13.8 Å². The Labute approximate surface area is 123 Å². The fourth-order valence-corrected chi connectivity index (χ4v) is 2.59. The molecule has 0 radical (unpaired) electrons. The van der Waals surface area contributed by atoms with Crippen molar-refractivity contribution >= 4 is 23.1 Å². The van der Waals surface area contributed by atoms with Crippen LogP contribution in [0.25, 0.3) is 10.6 Å². The van der Waals surface area contributed by atoms with Crippen LogP contribution in [0.15, 0.2) is 18.2 Å². The van der Waals surface area contributed by atoms with E-state index in [4.69, 9.17) is 4.74 Å². The van der Waals surface area contributed by atoms with E-state index in [9.17, 15) is 18.4 Å². The zero-order valence-electron chi connectivity index (χ0n) is 11.3. The lowest BCUT2D eigenvalue weighted by atomic mass is 10.2. The fraction of sp³-hybridized carbons (Fsp3) is 0.214. The van der Waals surface area contributed by atoms with Gasteiger partial charge >= 0.3 is 5.97 Å². The number of ketones is 1. The molecular weight excluding hydrogens is 300 g/mol. The molecule has 2 rings (SSSR count). The van der Waals surface area contributed by atoms with Crippen LogP contribution in [-0.4, -0.2) is 23.3 Å². The van der Waals surface area contributed by atoms with E-state index in [1.165, 1.54) is 13.0 Å². The van der Waals surface area contributed by atoms with Crippen molar-refractivity contribution in [2.75, 3.05) is 6.61 Å². The molecule has 0 aliphatic heterocycles. The predicted molar refractivity (Wildman–Crippen MR) is 73.4 cm³/mol. The lowest BCUT2D eigenvalue weighted by Crippen LogP contribution is -2.09. The first kappa shape index (κ1) is 15.2. The maximum atomic E-state index is 13.3. The Kier molecular flexibility index (Phi) is 4.42. The van der Waals surface area contributed by atoms with Crippen LogP contribution in [-0.2, 0) is 4.74 Å². The molecule has 0 aliphatic carbocycles. The van der Waals surface area contributed by atoms with E-state index >= 15 is 0 Å². The molecule has 0 saturated carbocycles. The number of nitrogens with zero attached hydrogens (tertiary/aromatic N) is 1. The lowest BCUT2D eigenvalue weighted by Gasteiger charge is -1.99. The molecule has 4 nitrogen and oxygen atoms in total. The van der Waals surface area contributed by atoms with Crippen LogP contribution in [0.2, 0.25) is 0 Å². The van der Waals surface area contributed by atoms with Gasteiger partial charge in [-0.2, -0.15) is 0 Å². The molecule has 1 aromatic carbocycles. The normalized spacial score (nSPS) is 10.5. The number of carbonyl (C=O) groups is 2. The third-order valence-electron chi connectivity index (χ3n) is 2.58. The highest BCUT2D eigenvalue weighted by atomic mass is 32.1. The van der Waals surface area contributed by atoms with Gasteiger partial charge < -0.3 is 4.74 Å². The highest BCUT2D eigenvalue weighted by molar-refractivity contribution is 7.17. The van der Waals surface area contributed by atoms with Gasteiger partial charge in [0.15, 0.2) is 23.1 Å². The number of ether oxygens (including phenoxy) is 1. The number of hydrogen-bond acceptors (Lipinski definition) is 5. The molecule has 0 aliphatic rings. The number of aromatic nitrogens is 1. The number of halogens is 2. The average Bonchev–Trinajstić information content (AvgIpc) is 2.87. The van der Waals surface area contributed by atoms with Gasteiger partial charge in [0.25, 0.3) is 0 Å². The van der Waals surface area contributed by atoms with E-state index in [0.29, 0.717) is 0 Å². The molecule has 0 atom stereocenters. The average molecular weight is 311 g/mol. The van der Waals surface area contributed by atoms with Crippen LogP contribution >= 0.6 is 11.3 Å². The molecule has 0 bridgehead atoms. The minimum Gasteiger partial charge on any atom is -0.461 e. The molecule has 0 fully saturated rings. The highest BCUT2D eigenvalue weighted by Crippen LogP contribution is 2.30. The van der Waals surface area contributed by atoms with Crippen molar-refractivity contribution in [3.8, 4) is 10.6 Å². The Bertz CT molecular complexity index is 712. The fourth-order valence-electron chi connectivity index (χ4n) is 1.65. The Morgan fingerprint density at radius 3 is 2.57 bits per heavy atom. The summed E-state index contributed by atoms with van der Waals surface area (Å²) in [5, 5.41) is 0.252. The molecule has 110 valence electrons. The van der Waals surface area contributed by atoms with Crippen molar-refractivity contribution in [3.05, 3.63) is 40.4 Å². The molecule has 2 aromatic rings. The van der Waals surface area contributed by atoms with Crippen LogP contribution in [0.4, 0.5) is 8.78 Å². The highest BCUT2D eigenvalue weighted by Gasteiger charge is 2.23. The maximum absolute atomic E-state index is 13.3. The summed E-state index contributed by atoms with van der Waals surface area (Å²) in [7, 11) is 0. The first-order chi connectivity index (χ1) is 9.93. The first-order valence-corrected chi connectivity index (χ1v) is 6.90. The summed E-state index contributed by atoms with van der Waals surface area (Å²) in [6, 6.07) is 3.26. The molecule has 0 N–H and O–H groups in total. The van der Waals surface area contributed by atoms with Crippen LogP contribution in [0, 0.1) is 11.6 Å². The van der Waals surface area contributed by atoms with Crippen molar-refractivity contribution in [1.29, 1.82) is 0 Å². The van der Waals surface area contributed by atoms with Gasteiger partial charge in [0.1, 0.15) is 9.88 Å². The summed E-state index contributed by atoms with van der Waals surface area (Å²) < 4.78 is 31.0. The van der Waals surface area contributed by atoms with E-state index in [1.54, 1.807) is 6.92 Å². The van der Waals surface area contributed by atoms with Crippen molar-refractivity contribution in [2.24, 2.45) is 0 Å². The summed E-state index contributed by atoms with van der Waals surface area (Å²) in [5.41, 5.74) is 0.186. The summed E-state index contributed by atoms with van der Waals surface area (Å²) >= 11 is 0.939. The molecule has 0 spiro atoms.